The van der Waals surface area contributed by atoms with Crippen molar-refractivity contribution < 1.29 is 89.6 Å². The minimum Gasteiger partial charge on any atom is -0.464 e. The number of carbonyl (C=O) groups excluding carboxylic acids is 5. The van der Waals surface area contributed by atoms with Gasteiger partial charge < -0.3 is 118 Å². The second-order valence-electron chi connectivity index (χ2n) is 27.1. The molecule has 2 aliphatic heterocycles. The zero-order valence-corrected chi connectivity index (χ0v) is 85.6. The SMILES string of the molecule is CCNCC(O)CCNCCCCNCCC(O)CNCC.O=C1OCCC1O.[2H]B(C)S.[2H]B(C)S.[2H]B(C)S.[2H]B(C)S.[2H]B(C)S.[2H]B(C)S.[2H]B(C)S.[3H]OC(C)CCN.[3H]OC(C)CCNC(=O)CCCC.[3H]OC(C)CCNC(=O)CCCC.[3H]OC(C)CCNC(=O)CCCC.[3H]OC(C)CCO.[3H]OC(CCN(C)CCCCC)CN(C)CC.[3H]OC1CCOC1=O. The molecule has 0 aromatic heterocycles. The predicted octanol–water partition coefficient (Wildman–Crippen LogP) is 4.93. The molecule has 2 saturated heterocycles. The molecular weight excluding hydrogens is 1680 g/mol. The van der Waals surface area contributed by atoms with E-state index in [-0.39, 0.29) is 119 Å². The number of esters is 2. The number of nitrogens with zero attached hydrogens (tertiary/aromatic N) is 2. The maximum atomic E-state index is 11.1. The highest BCUT2D eigenvalue weighted by Gasteiger charge is 2.23. The van der Waals surface area contributed by atoms with Crippen LogP contribution in [0.3, 0.4) is 0 Å². The van der Waals surface area contributed by atoms with Crippen LogP contribution in [0.4, 0.5) is 0 Å². The molecule has 2 aliphatic rings. The molecule has 10 atom stereocenters. The van der Waals surface area contributed by atoms with Crippen molar-refractivity contribution in [1.29, 1.82) is 19.4 Å². The number of rotatable bonds is 56. The standard InChI is InChI=1S/C16H38N4O2.C13H30N2O.3C9H19NO2.C4H11NO.2C4H6O3.C4H10O2.7CH5BS/c1-3-17-13-15(21)7-11-19-9-5-6-10-20-12-8-16(22)14-18-4-2;1-5-7-8-10-15(4)11-9-13(16)12-14(3)6-2;3*1-3-4-5-9(12)10-7-6-8(2)11;1-4(6)2-3-5;2*5-3-1-2-7-4(3)6;1-4(6)2-3-5;7*1-2-3/h15-22H,3-14H2,1-2H3;13,16H,5-12H2,1-4H3;3*8,11H,3-7H2,1-2H3,(H,10,12);4,6H,2-3,5H2,1H3;2*3,5H,1-2H2;4-6H,2-3H2,1H3;7*2-3H,1H3/i;16T;3*11T;6T;5T;;6T;7*2D. The average molecular weight is 1890 g/mol. The fourth-order valence-electron chi connectivity index (χ4n) is 7.69. The summed E-state index contributed by atoms with van der Waals surface area (Å²) in [4.78, 5) is 58.2. The van der Waals surface area contributed by atoms with E-state index in [1.165, 1.54) is 19.3 Å². The Kier molecular flexibility index (Phi) is 137. The Balaban J connectivity index is -0.0000000996. The fraction of sp³-hybridized carbons (Fsp3) is 0.937. The van der Waals surface area contributed by atoms with Gasteiger partial charge in [0.25, 0.3) is 0 Å². The normalized spacial score (nSPS) is 15.5. The molecule has 28 nitrogen and oxygen atoms in total. The number of cyclic esters (lactones) is 2. The second kappa shape index (κ2) is 140. The van der Waals surface area contributed by atoms with Crippen molar-refractivity contribution in [3.05, 3.63) is 0 Å². The maximum Gasteiger partial charge on any atom is 0.335 e. The predicted molar refractivity (Wildman–Crippen MR) is 557 cm³/mol. The van der Waals surface area contributed by atoms with Crippen molar-refractivity contribution in [2.24, 2.45) is 5.73 Å². The molecule has 3 amide bonds. The van der Waals surface area contributed by atoms with Crippen LogP contribution in [0.2, 0.25) is 47.8 Å². The van der Waals surface area contributed by atoms with Crippen molar-refractivity contribution >= 4 is 163 Å². The number of carbonyl (C=O) groups is 5. The minimum atomic E-state index is -0.847. The maximum absolute atomic E-state index is 11.1. The van der Waals surface area contributed by atoms with Crippen LogP contribution >= 0.6 is 87.4 Å². The second-order valence-corrected chi connectivity index (χ2v) is 30.7. The van der Waals surface area contributed by atoms with E-state index in [1.54, 1.807) is 54.7 Å². The summed E-state index contributed by atoms with van der Waals surface area (Å²) < 4.78 is 99.8. The number of aliphatic hydroxyl groups is 11. The van der Waals surface area contributed by atoms with E-state index in [1.807, 2.05) is 41.5 Å². The van der Waals surface area contributed by atoms with Gasteiger partial charge in [-0.2, -0.15) is 0 Å². The third kappa shape index (κ3) is 193. The molecule has 0 bridgehead atoms. The molecular formula is C79H193B7N10O18S7. The lowest BCUT2D eigenvalue weighted by atomic mass is 10.2. The molecule has 2 heterocycles. The highest BCUT2D eigenvalue weighted by molar-refractivity contribution is 8.07. The molecule has 0 aliphatic carbocycles. The van der Waals surface area contributed by atoms with Crippen molar-refractivity contribution in [3.63, 3.8) is 0 Å². The van der Waals surface area contributed by atoms with E-state index in [9.17, 15) is 34.2 Å². The zero-order chi connectivity index (χ0) is 108. The Morgan fingerprint density at radius 1 is 0.463 bits per heavy atom. The van der Waals surface area contributed by atoms with Gasteiger partial charge in [-0.25, -0.2) is 96.9 Å². The van der Waals surface area contributed by atoms with Crippen LogP contribution < -0.4 is 43.0 Å². The fourth-order valence-corrected chi connectivity index (χ4v) is 7.69. The van der Waals surface area contributed by atoms with E-state index in [2.05, 4.69) is 223 Å². The molecule has 2 rings (SSSR count). The van der Waals surface area contributed by atoms with Crippen molar-refractivity contribution in [3.8, 4) is 0 Å². The molecule has 0 radical (unpaired) electrons. The number of hydrogen-bond acceptors (Lipinski definition) is 32. The van der Waals surface area contributed by atoms with E-state index < -0.39 is 24.1 Å². The van der Waals surface area contributed by atoms with Gasteiger partial charge in [-0.3, -0.25) is 14.4 Å². The number of nitrogens with two attached hydrogens (primary N) is 1. The molecule has 0 aromatic rings. The summed E-state index contributed by atoms with van der Waals surface area (Å²) in [6, 6.07) is 0. The first-order valence-corrected chi connectivity index (χ1v) is 47.2. The molecule has 0 aromatic carbocycles. The van der Waals surface area contributed by atoms with Gasteiger partial charge in [0.05, 0.1) is 62.0 Å². The Morgan fingerprint density at radius 3 is 1.02 bits per heavy atom. The van der Waals surface area contributed by atoms with Gasteiger partial charge >= 0.3 is 11.9 Å². The van der Waals surface area contributed by atoms with Crippen LogP contribution in [0.5, 0.6) is 0 Å². The molecule has 121 heavy (non-hydrogen) atoms. The van der Waals surface area contributed by atoms with E-state index in [0.29, 0.717) is 110 Å². The molecule has 10 unspecified atom stereocenters. The Morgan fingerprint density at radius 2 is 0.793 bits per heavy atom. The first-order valence-electron chi connectivity index (χ1n) is 50.5. The Labute approximate surface area is 804 Å². The van der Waals surface area contributed by atoms with Gasteiger partial charge in [-0.15, -0.1) is 0 Å². The van der Waals surface area contributed by atoms with Crippen LogP contribution in [0.15, 0.2) is 0 Å². The third-order valence-corrected chi connectivity index (χ3v) is 14.4. The largest absolute Gasteiger partial charge is 0.464 e. The number of aliphatic hydroxyl groups excluding tert-OH is 11. The van der Waals surface area contributed by atoms with Crippen LogP contribution in [0.1, 0.15) is 237 Å². The van der Waals surface area contributed by atoms with E-state index in [4.69, 9.17) is 40.4 Å². The van der Waals surface area contributed by atoms with Gasteiger partial charge in [0, 0.05) is 84.5 Å². The molecule has 730 valence electrons. The number of nitrogens with one attached hydrogen (secondary N) is 7. The number of thiol groups is 7. The summed E-state index contributed by atoms with van der Waals surface area (Å²) in [6.07, 6.45) is 18.4. The number of likely N-dealkylation sites (N-methyl/N-ethyl adjacent to an activating group) is 3. The molecule has 0 spiro atoms. The number of unbranched alkanes of at least 4 members (excludes halogenated alkanes) is 6. The van der Waals surface area contributed by atoms with E-state index >= 15 is 0 Å². The van der Waals surface area contributed by atoms with Crippen molar-refractivity contribution in [1.82, 2.24) is 47.0 Å². The van der Waals surface area contributed by atoms with Gasteiger partial charge in [0.1, 0.15) is 0 Å². The Bertz CT molecular complexity index is 2130. The summed E-state index contributed by atoms with van der Waals surface area (Å²) in [6.45, 7) is 48.1. The summed E-state index contributed by atoms with van der Waals surface area (Å²) in [5.74, 6) is -0.614. The molecule has 20 N–H and O–H groups in total. The van der Waals surface area contributed by atoms with Gasteiger partial charge in [-0.1, -0.05) is 128 Å². The van der Waals surface area contributed by atoms with Gasteiger partial charge in [0.2, 0.25) is 27.7 Å². The van der Waals surface area contributed by atoms with Crippen LogP contribution in [0, 0.1) is 0 Å². The number of hydrogen-bond donors (Lipinski definition) is 26. The monoisotopic (exact) mass is 1890 g/mol. The molecule has 0 saturated carbocycles. The lowest BCUT2D eigenvalue weighted by Gasteiger charge is -2.22. The quantitative estimate of drug-likeness (QED) is 0.0166. The summed E-state index contributed by atoms with van der Waals surface area (Å²) in [5.41, 5.74) is 5.14. The van der Waals surface area contributed by atoms with Gasteiger partial charge in [-0.05, 0) is 207 Å². The zero-order valence-electron chi connectivity index (χ0n) is 93.3. The first-order chi connectivity index (χ1) is 63.3. The topological polar surface area (TPSA) is 443 Å². The average Bonchev–Trinajstić information content (AvgIpc) is 1.73. The van der Waals surface area contributed by atoms with E-state index in [0.717, 1.165) is 142 Å². The highest BCUT2D eigenvalue weighted by Crippen LogP contribution is 2.06. The third-order valence-electron chi connectivity index (χ3n) is 14.4. The van der Waals surface area contributed by atoms with Crippen LogP contribution in [-0.2, 0) is 33.4 Å². The minimum absolute atomic E-state index is 0.00926. The van der Waals surface area contributed by atoms with Crippen LogP contribution in [-0.4, -0.2) is 360 Å². The van der Waals surface area contributed by atoms with Crippen molar-refractivity contribution in [2.45, 2.75) is 346 Å². The number of amides is 3. The summed E-state index contributed by atoms with van der Waals surface area (Å²) in [7, 11) is 4.22. The first kappa shape index (κ1) is 119. The lowest BCUT2D eigenvalue weighted by molar-refractivity contribution is -0.145. The highest BCUT2D eigenvalue weighted by atomic mass is 32.1. The van der Waals surface area contributed by atoms with Crippen LogP contribution in [0.25, 0.3) is 0 Å². The van der Waals surface area contributed by atoms with Crippen molar-refractivity contribution in [2.75, 3.05) is 139 Å². The summed E-state index contributed by atoms with van der Waals surface area (Å²) in [5, 5.41) is 87.3. The molecule has 2 fully saturated rings. The molecule has 42 heteroatoms. The number of ether oxygens (including phenoxy) is 2. The lowest BCUT2D eigenvalue weighted by Crippen LogP contribution is -2.32. The Hall–Kier alpha value is -0.465. The smallest absolute Gasteiger partial charge is 0.335 e. The van der Waals surface area contributed by atoms with Gasteiger partial charge in [0.15, 0.2) is 57.9 Å². The summed E-state index contributed by atoms with van der Waals surface area (Å²) >= 11 is 25.4.